The van der Waals surface area contributed by atoms with Crippen molar-refractivity contribution in [1.29, 1.82) is 0 Å². The Balaban J connectivity index is 1.68. The second-order valence-electron chi connectivity index (χ2n) is 5.07. The Bertz CT molecular complexity index is 928. The van der Waals surface area contributed by atoms with Crippen LogP contribution in [0.4, 0.5) is 13.2 Å². The van der Waals surface area contributed by atoms with Gasteiger partial charge >= 0.3 is 6.36 Å². The SMILES string of the molecule is FC(F)(F)Oc1ccccc1-c1noc(CCC#Cc2ccccn2)n1. The lowest BCUT2D eigenvalue weighted by molar-refractivity contribution is -0.274. The van der Waals surface area contributed by atoms with Crippen LogP contribution in [0.3, 0.4) is 0 Å². The molecule has 5 nitrogen and oxygen atoms in total. The molecule has 3 rings (SSSR count). The standard InChI is InChI=1S/C18H12F3N3O2/c19-18(20,21)25-15-10-3-2-9-14(15)17-23-16(26-24-17)11-4-1-7-13-8-5-6-12-22-13/h2-3,5-6,8-10,12H,4,11H2. The van der Waals surface area contributed by atoms with E-state index in [4.69, 9.17) is 4.52 Å². The van der Waals surface area contributed by atoms with Crippen molar-refractivity contribution in [2.24, 2.45) is 0 Å². The number of hydrogen-bond donors (Lipinski definition) is 0. The van der Waals surface area contributed by atoms with Crippen LogP contribution in [0.2, 0.25) is 0 Å². The molecule has 2 heterocycles. The summed E-state index contributed by atoms with van der Waals surface area (Å²) in [6, 6.07) is 11.0. The molecule has 0 aliphatic heterocycles. The van der Waals surface area contributed by atoms with Gasteiger partial charge in [-0.2, -0.15) is 4.98 Å². The molecule has 0 aliphatic rings. The van der Waals surface area contributed by atoms with Crippen molar-refractivity contribution in [2.45, 2.75) is 19.2 Å². The van der Waals surface area contributed by atoms with Gasteiger partial charge in [0.05, 0.1) is 5.56 Å². The number of ether oxygens (including phenoxy) is 1. The van der Waals surface area contributed by atoms with E-state index in [2.05, 4.69) is 31.7 Å². The van der Waals surface area contributed by atoms with Gasteiger partial charge in [-0.3, -0.25) is 0 Å². The number of para-hydroxylation sites is 1. The molecule has 0 unspecified atom stereocenters. The van der Waals surface area contributed by atoms with Crippen molar-refractivity contribution in [3.63, 3.8) is 0 Å². The first-order chi connectivity index (χ1) is 12.5. The largest absolute Gasteiger partial charge is 0.573 e. The molecule has 0 spiro atoms. The molecule has 0 N–H and O–H groups in total. The summed E-state index contributed by atoms with van der Waals surface area (Å²) in [5, 5.41) is 3.72. The van der Waals surface area contributed by atoms with Gasteiger partial charge < -0.3 is 9.26 Å². The van der Waals surface area contributed by atoms with E-state index in [1.807, 2.05) is 6.07 Å². The lowest BCUT2D eigenvalue weighted by Crippen LogP contribution is -2.17. The van der Waals surface area contributed by atoms with E-state index in [9.17, 15) is 13.2 Å². The molecule has 0 bridgehead atoms. The first-order valence-electron chi connectivity index (χ1n) is 7.59. The van der Waals surface area contributed by atoms with Gasteiger partial charge in [0, 0.05) is 19.0 Å². The Morgan fingerprint density at radius 3 is 2.65 bits per heavy atom. The summed E-state index contributed by atoms with van der Waals surface area (Å²) in [4.78, 5) is 8.18. The maximum absolute atomic E-state index is 12.5. The first kappa shape index (κ1) is 17.5. The zero-order valence-electron chi connectivity index (χ0n) is 13.3. The summed E-state index contributed by atoms with van der Waals surface area (Å²) in [7, 11) is 0. The minimum Gasteiger partial charge on any atom is -0.405 e. The third-order valence-corrected chi connectivity index (χ3v) is 3.17. The fraction of sp³-hybridized carbons (Fsp3) is 0.167. The molecule has 0 aliphatic carbocycles. The lowest BCUT2D eigenvalue weighted by Gasteiger charge is -2.10. The molecule has 0 saturated heterocycles. The quantitative estimate of drug-likeness (QED) is 0.659. The zero-order chi connectivity index (χ0) is 18.4. The predicted molar refractivity (Wildman–Crippen MR) is 85.9 cm³/mol. The maximum Gasteiger partial charge on any atom is 0.573 e. The number of hydrogen-bond acceptors (Lipinski definition) is 5. The molecular formula is C18H12F3N3O2. The van der Waals surface area contributed by atoms with Crippen molar-refractivity contribution >= 4 is 0 Å². The average molecular weight is 359 g/mol. The fourth-order valence-electron chi connectivity index (χ4n) is 2.09. The molecule has 132 valence electrons. The first-order valence-corrected chi connectivity index (χ1v) is 7.59. The molecule has 1 aromatic carbocycles. The van der Waals surface area contributed by atoms with E-state index in [0.29, 0.717) is 18.5 Å². The number of nitrogens with zero attached hydrogens (tertiary/aromatic N) is 3. The zero-order valence-corrected chi connectivity index (χ0v) is 13.3. The third kappa shape index (κ3) is 4.83. The van der Waals surface area contributed by atoms with Crippen LogP contribution in [-0.4, -0.2) is 21.5 Å². The van der Waals surface area contributed by atoms with Gasteiger partial charge in [-0.25, -0.2) is 4.98 Å². The number of aromatic nitrogens is 3. The molecular weight excluding hydrogens is 347 g/mol. The number of halogens is 3. The molecule has 0 radical (unpaired) electrons. The summed E-state index contributed by atoms with van der Waals surface area (Å²) in [5.74, 6) is 5.73. The van der Waals surface area contributed by atoms with Crippen LogP contribution in [0.1, 0.15) is 18.0 Å². The number of aryl methyl sites for hydroxylation is 1. The van der Waals surface area contributed by atoms with Gasteiger partial charge in [0.15, 0.2) is 0 Å². The van der Waals surface area contributed by atoms with Gasteiger partial charge in [0.1, 0.15) is 11.4 Å². The smallest absolute Gasteiger partial charge is 0.405 e. The van der Waals surface area contributed by atoms with Gasteiger partial charge in [-0.1, -0.05) is 29.3 Å². The van der Waals surface area contributed by atoms with E-state index in [1.54, 1.807) is 24.4 Å². The highest BCUT2D eigenvalue weighted by Crippen LogP contribution is 2.32. The van der Waals surface area contributed by atoms with E-state index in [1.165, 1.54) is 18.2 Å². The van der Waals surface area contributed by atoms with Crippen molar-refractivity contribution in [2.75, 3.05) is 0 Å². The normalized spacial score (nSPS) is 10.9. The Morgan fingerprint density at radius 1 is 1.08 bits per heavy atom. The molecule has 8 heteroatoms. The fourth-order valence-corrected chi connectivity index (χ4v) is 2.09. The van der Waals surface area contributed by atoms with Crippen molar-refractivity contribution < 1.29 is 22.4 Å². The molecule has 0 saturated carbocycles. The molecule has 3 aromatic rings. The molecule has 26 heavy (non-hydrogen) atoms. The maximum atomic E-state index is 12.5. The number of pyridine rings is 1. The number of alkyl halides is 3. The van der Waals surface area contributed by atoms with Crippen LogP contribution >= 0.6 is 0 Å². The Kier molecular flexibility index (Phi) is 5.17. The molecule has 0 fully saturated rings. The average Bonchev–Trinajstić information content (AvgIpc) is 3.07. The summed E-state index contributed by atoms with van der Waals surface area (Å²) in [5.41, 5.74) is 0.747. The molecule has 0 atom stereocenters. The van der Waals surface area contributed by atoms with Gasteiger partial charge in [0.2, 0.25) is 11.7 Å². The second-order valence-corrected chi connectivity index (χ2v) is 5.07. The highest BCUT2D eigenvalue weighted by Gasteiger charge is 2.32. The topological polar surface area (TPSA) is 61.0 Å². The van der Waals surface area contributed by atoms with E-state index >= 15 is 0 Å². The van der Waals surface area contributed by atoms with Crippen molar-refractivity contribution in [3.8, 4) is 29.0 Å². The Hall–Kier alpha value is -3.34. The van der Waals surface area contributed by atoms with Crippen LogP contribution in [0.15, 0.2) is 53.2 Å². The lowest BCUT2D eigenvalue weighted by atomic mass is 10.2. The van der Waals surface area contributed by atoms with Crippen LogP contribution in [0.5, 0.6) is 5.75 Å². The molecule has 2 aromatic heterocycles. The van der Waals surface area contributed by atoms with Crippen LogP contribution in [0, 0.1) is 11.8 Å². The van der Waals surface area contributed by atoms with Crippen molar-refractivity contribution in [3.05, 3.63) is 60.2 Å². The van der Waals surface area contributed by atoms with Crippen LogP contribution in [-0.2, 0) is 6.42 Å². The minimum absolute atomic E-state index is 0.0255. The number of benzene rings is 1. The highest BCUT2D eigenvalue weighted by molar-refractivity contribution is 5.63. The Labute approximate surface area is 146 Å². The number of rotatable bonds is 4. The van der Waals surface area contributed by atoms with Gasteiger partial charge in [-0.15, -0.1) is 13.2 Å². The summed E-state index contributed by atoms with van der Waals surface area (Å²) < 4.78 is 46.5. The van der Waals surface area contributed by atoms with E-state index in [0.717, 1.165) is 0 Å². The summed E-state index contributed by atoms with van der Waals surface area (Å²) in [6.45, 7) is 0. The third-order valence-electron chi connectivity index (χ3n) is 3.17. The second kappa shape index (κ2) is 7.70. The predicted octanol–water partition coefficient (Wildman–Crippen LogP) is 4.01. The summed E-state index contributed by atoms with van der Waals surface area (Å²) in [6.07, 6.45) is -2.34. The van der Waals surface area contributed by atoms with E-state index < -0.39 is 6.36 Å². The van der Waals surface area contributed by atoms with Crippen LogP contribution < -0.4 is 4.74 Å². The highest BCUT2D eigenvalue weighted by atomic mass is 19.4. The van der Waals surface area contributed by atoms with Gasteiger partial charge in [0.25, 0.3) is 0 Å². The summed E-state index contributed by atoms with van der Waals surface area (Å²) >= 11 is 0. The molecule has 0 amide bonds. The van der Waals surface area contributed by atoms with E-state index in [-0.39, 0.29) is 23.0 Å². The Morgan fingerprint density at radius 2 is 1.88 bits per heavy atom. The van der Waals surface area contributed by atoms with Gasteiger partial charge in [-0.05, 0) is 30.2 Å². The monoisotopic (exact) mass is 359 g/mol. The van der Waals surface area contributed by atoms with Crippen molar-refractivity contribution in [1.82, 2.24) is 15.1 Å². The minimum atomic E-state index is -4.80. The van der Waals surface area contributed by atoms with Crippen LogP contribution in [0.25, 0.3) is 11.4 Å².